The standard InChI is InChI=1S/C19H21N3O4S/c20-19(24)13-14-1-7-18(8-2-14)27(25,26)21-15-3-5-16(6-4-15)22-11-9-17(23)10-12-22/h1-8,21H,9-13H2,(H2,20,24). The molecule has 0 aromatic heterocycles. The minimum Gasteiger partial charge on any atom is -0.371 e. The normalized spacial score (nSPS) is 14.8. The first-order valence-electron chi connectivity index (χ1n) is 8.60. The highest BCUT2D eigenvalue weighted by molar-refractivity contribution is 7.92. The lowest BCUT2D eigenvalue weighted by atomic mass is 10.1. The molecular formula is C19H21N3O4S. The second-order valence-corrected chi connectivity index (χ2v) is 8.15. The van der Waals surface area contributed by atoms with Crippen LogP contribution in [0.5, 0.6) is 0 Å². The number of nitrogens with one attached hydrogen (secondary N) is 1. The number of hydrogen-bond acceptors (Lipinski definition) is 5. The van der Waals surface area contributed by atoms with E-state index in [9.17, 15) is 18.0 Å². The van der Waals surface area contributed by atoms with Crippen LogP contribution >= 0.6 is 0 Å². The lowest BCUT2D eigenvalue weighted by Gasteiger charge is -2.28. The van der Waals surface area contributed by atoms with Gasteiger partial charge in [0.2, 0.25) is 5.91 Å². The third kappa shape index (κ3) is 4.85. The van der Waals surface area contributed by atoms with Gasteiger partial charge in [0.05, 0.1) is 11.3 Å². The molecule has 1 amide bonds. The van der Waals surface area contributed by atoms with E-state index in [0.717, 1.165) is 5.69 Å². The topological polar surface area (TPSA) is 110 Å². The van der Waals surface area contributed by atoms with E-state index < -0.39 is 15.9 Å². The van der Waals surface area contributed by atoms with Crippen molar-refractivity contribution in [2.45, 2.75) is 24.2 Å². The van der Waals surface area contributed by atoms with Crippen LogP contribution in [0.3, 0.4) is 0 Å². The molecule has 1 saturated heterocycles. The van der Waals surface area contributed by atoms with Crippen molar-refractivity contribution in [3.8, 4) is 0 Å². The lowest BCUT2D eigenvalue weighted by Crippen LogP contribution is -2.33. The Morgan fingerprint density at radius 2 is 1.59 bits per heavy atom. The molecule has 0 unspecified atom stereocenters. The summed E-state index contributed by atoms with van der Waals surface area (Å²) in [5.41, 5.74) is 7.20. The Balaban J connectivity index is 1.68. The number of benzene rings is 2. The molecule has 0 spiro atoms. The lowest BCUT2D eigenvalue weighted by molar-refractivity contribution is -0.119. The van der Waals surface area contributed by atoms with Gasteiger partial charge in [0.1, 0.15) is 5.78 Å². The van der Waals surface area contributed by atoms with Crippen LogP contribution in [0.1, 0.15) is 18.4 Å². The second kappa shape index (κ2) is 7.79. The van der Waals surface area contributed by atoms with Crippen molar-refractivity contribution >= 4 is 33.1 Å². The molecule has 142 valence electrons. The third-order valence-electron chi connectivity index (χ3n) is 4.42. The Morgan fingerprint density at radius 3 is 2.15 bits per heavy atom. The minimum atomic E-state index is -3.73. The van der Waals surface area contributed by atoms with E-state index in [4.69, 9.17) is 5.73 Å². The molecule has 2 aromatic rings. The first-order chi connectivity index (χ1) is 12.8. The van der Waals surface area contributed by atoms with E-state index in [2.05, 4.69) is 9.62 Å². The van der Waals surface area contributed by atoms with E-state index in [1.165, 1.54) is 12.1 Å². The number of carbonyl (C=O) groups excluding carboxylic acids is 2. The quantitative estimate of drug-likeness (QED) is 0.784. The Hall–Kier alpha value is -2.87. The minimum absolute atomic E-state index is 0.0668. The number of hydrogen-bond donors (Lipinski definition) is 2. The molecule has 1 heterocycles. The van der Waals surface area contributed by atoms with Gasteiger partial charge in [-0.05, 0) is 42.0 Å². The summed E-state index contributed by atoms with van der Waals surface area (Å²) < 4.78 is 27.6. The average molecular weight is 387 g/mol. The van der Waals surface area contributed by atoms with E-state index in [-0.39, 0.29) is 17.1 Å². The van der Waals surface area contributed by atoms with Gasteiger partial charge in [-0.15, -0.1) is 0 Å². The SMILES string of the molecule is NC(=O)Cc1ccc(S(=O)(=O)Nc2ccc(N3CCC(=O)CC3)cc2)cc1. The summed E-state index contributed by atoms with van der Waals surface area (Å²) in [6, 6.07) is 13.1. The second-order valence-electron chi connectivity index (χ2n) is 6.47. The fourth-order valence-electron chi connectivity index (χ4n) is 2.96. The molecule has 0 saturated carbocycles. The van der Waals surface area contributed by atoms with Crippen LogP contribution in [-0.4, -0.2) is 33.2 Å². The summed E-state index contributed by atoms with van der Waals surface area (Å²) in [5, 5.41) is 0. The van der Waals surface area contributed by atoms with Gasteiger partial charge in [-0.1, -0.05) is 12.1 Å². The molecule has 3 rings (SSSR count). The molecule has 27 heavy (non-hydrogen) atoms. The number of sulfonamides is 1. The number of nitrogens with zero attached hydrogens (tertiary/aromatic N) is 1. The van der Waals surface area contributed by atoms with Crippen molar-refractivity contribution in [2.24, 2.45) is 5.73 Å². The van der Waals surface area contributed by atoms with Crippen molar-refractivity contribution in [3.63, 3.8) is 0 Å². The summed E-state index contributed by atoms with van der Waals surface area (Å²) in [6.07, 6.45) is 1.15. The van der Waals surface area contributed by atoms with Crippen molar-refractivity contribution in [1.29, 1.82) is 0 Å². The zero-order chi connectivity index (χ0) is 19.4. The van der Waals surface area contributed by atoms with Crippen molar-refractivity contribution in [3.05, 3.63) is 54.1 Å². The van der Waals surface area contributed by atoms with Gasteiger partial charge in [0, 0.05) is 37.3 Å². The highest BCUT2D eigenvalue weighted by atomic mass is 32.2. The maximum absolute atomic E-state index is 12.5. The van der Waals surface area contributed by atoms with Gasteiger partial charge in [0.25, 0.3) is 10.0 Å². The van der Waals surface area contributed by atoms with Crippen LogP contribution in [0.2, 0.25) is 0 Å². The van der Waals surface area contributed by atoms with Crippen LogP contribution in [0.4, 0.5) is 11.4 Å². The van der Waals surface area contributed by atoms with Gasteiger partial charge in [-0.2, -0.15) is 0 Å². The molecule has 1 aliphatic heterocycles. The molecular weight excluding hydrogens is 366 g/mol. The Kier molecular flexibility index (Phi) is 5.46. The van der Waals surface area contributed by atoms with E-state index >= 15 is 0 Å². The van der Waals surface area contributed by atoms with Crippen molar-refractivity contribution in [1.82, 2.24) is 0 Å². The predicted molar refractivity (Wildman–Crippen MR) is 103 cm³/mol. The number of Topliss-reactive ketones (excluding diaryl/α,β-unsaturated/α-hetero) is 1. The molecule has 0 aliphatic carbocycles. The smallest absolute Gasteiger partial charge is 0.261 e. The maximum atomic E-state index is 12.5. The number of carbonyl (C=O) groups is 2. The Bertz CT molecular complexity index is 928. The monoisotopic (exact) mass is 387 g/mol. The largest absolute Gasteiger partial charge is 0.371 e. The Morgan fingerprint density at radius 1 is 1.00 bits per heavy atom. The first-order valence-corrected chi connectivity index (χ1v) is 10.1. The first kappa shape index (κ1) is 18.9. The molecule has 2 aromatic carbocycles. The van der Waals surface area contributed by atoms with Crippen molar-refractivity contribution < 1.29 is 18.0 Å². The molecule has 0 bridgehead atoms. The average Bonchev–Trinajstić information content (AvgIpc) is 2.63. The molecule has 1 aliphatic rings. The highest BCUT2D eigenvalue weighted by Gasteiger charge is 2.17. The van der Waals surface area contributed by atoms with Gasteiger partial charge in [-0.3, -0.25) is 14.3 Å². The van der Waals surface area contributed by atoms with Crippen LogP contribution in [0, 0.1) is 0 Å². The van der Waals surface area contributed by atoms with Crippen LogP contribution in [0.25, 0.3) is 0 Å². The Labute approximate surface area is 158 Å². The maximum Gasteiger partial charge on any atom is 0.261 e. The van der Waals surface area contributed by atoms with Gasteiger partial charge < -0.3 is 10.6 Å². The van der Waals surface area contributed by atoms with Crippen LogP contribution < -0.4 is 15.4 Å². The molecule has 0 atom stereocenters. The molecule has 3 N–H and O–H groups in total. The molecule has 1 fully saturated rings. The third-order valence-corrected chi connectivity index (χ3v) is 5.81. The highest BCUT2D eigenvalue weighted by Crippen LogP contribution is 2.23. The predicted octanol–water partition coefficient (Wildman–Crippen LogP) is 1.68. The molecule has 8 heteroatoms. The summed E-state index contributed by atoms with van der Waals surface area (Å²) in [4.78, 5) is 24.5. The zero-order valence-electron chi connectivity index (χ0n) is 14.7. The fraction of sp³-hybridized carbons (Fsp3) is 0.263. The number of rotatable bonds is 6. The van der Waals surface area contributed by atoms with E-state index in [1.54, 1.807) is 24.3 Å². The fourth-order valence-corrected chi connectivity index (χ4v) is 4.01. The van der Waals surface area contributed by atoms with E-state index in [0.29, 0.717) is 37.2 Å². The van der Waals surface area contributed by atoms with Gasteiger partial charge in [-0.25, -0.2) is 8.42 Å². The number of piperidine rings is 1. The number of anilines is 2. The van der Waals surface area contributed by atoms with E-state index in [1.807, 2.05) is 12.1 Å². The number of nitrogens with two attached hydrogens (primary N) is 1. The van der Waals surface area contributed by atoms with Crippen LogP contribution in [-0.2, 0) is 26.0 Å². The summed E-state index contributed by atoms with van der Waals surface area (Å²) >= 11 is 0. The van der Waals surface area contributed by atoms with Crippen molar-refractivity contribution in [2.75, 3.05) is 22.7 Å². The van der Waals surface area contributed by atoms with Crippen LogP contribution in [0.15, 0.2) is 53.4 Å². The summed E-state index contributed by atoms with van der Waals surface area (Å²) in [6.45, 7) is 1.36. The summed E-state index contributed by atoms with van der Waals surface area (Å²) in [7, 11) is -3.73. The summed E-state index contributed by atoms with van der Waals surface area (Å²) in [5.74, 6) is -0.195. The molecule has 0 radical (unpaired) electrons. The van der Waals surface area contributed by atoms with Gasteiger partial charge in [0.15, 0.2) is 0 Å². The zero-order valence-corrected chi connectivity index (χ0v) is 15.5. The number of amides is 1. The number of ketones is 1. The van der Waals surface area contributed by atoms with Gasteiger partial charge >= 0.3 is 0 Å². The molecule has 7 nitrogen and oxygen atoms in total. The number of primary amides is 1.